The first-order valence-electron chi connectivity index (χ1n) is 7.83. The molecule has 0 unspecified atom stereocenters. The molecule has 0 aromatic heterocycles. The molecule has 2 rings (SSSR count). The van der Waals surface area contributed by atoms with Crippen molar-refractivity contribution in [3.8, 4) is 5.75 Å². The van der Waals surface area contributed by atoms with Crippen molar-refractivity contribution in [3.63, 3.8) is 0 Å². The van der Waals surface area contributed by atoms with Gasteiger partial charge in [0.05, 0.1) is 18.6 Å². The van der Waals surface area contributed by atoms with Crippen molar-refractivity contribution in [2.75, 3.05) is 13.2 Å². The van der Waals surface area contributed by atoms with Crippen LogP contribution in [0.3, 0.4) is 0 Å². The number of aromatic carboxylic acids is 1. The van der Waals surface area contributed by atoms with Crippen molar-refractivity contribution >= 4 is 11.9 Å². The number of hydrogen-bond donors (Lipinski definition) is 2. The van der Waals surface area contributed by atoms with Gasteiger partial charge in [0.15, 0.2) is 0 Å². The molecule has 0 saturated heterocycles. The normalized spacial score (nSPS) is 10.2. The smallest absolute Gasteiger partial charge is 0.335 e. The molecule has 2 N–H and O–H groups in total. The van der Waals surface area contributed by atoms with Gasteiger partial charge in [0.2, 0.25) is 5.91 Å². The maximum Gasteiger partial charge on any atom is 0.335 e. The van der Waals surface area contributed by atoms with Crippen molar-refractivity contribution in [2.45, 2.75) is 19.8 Å². The number of nitrogens with one attached hydrogen (secondary N) is 1. The average molecular weight is 327 g/mol. The van der Waals surface area contributed by atoms with Crippen LogP contribution in [-0.2, 0) is 11.2 Å². The lowest BCUT2D eigenvalue weighted by Gasteiger charge is -2.09. The Kier molecular flexibility index (Phi) is 6.37. The number of ether oxygens (including phenoxy) is 1. The molecule has 0 heterocycles. The summed E-state index contributed by atoms with van der Waals surface area (Å²) in [7, 11) is 0. The largest absolute Gasteiger partial charge is 0.494 e. The van der Waals surface area contributed by atoms with Crippen molar-refractivity contribution in [2.24, 2.45) is 0 Å². The van der Waals surface area contributed by atoms with Gasteiger partial charge in [-0.3, -0.25) is 4.79 Å². The third-order valence-corrected chi connectivity index (χ3v) is 3.53. The molecule has 1 amide bonds. The van der Waals surface area contributed by atoms with Crippen LogP contribution >= 0.6 is 0 Å². The second-order valence-electron chi connectivity index (χ2n) is 5.50. The molecule has 2 aromatic rings. The van der Waals surface area contributed by atoms with Gasteiger partial charge in [-0.05, 0) is 37.1 Å². The zero-order valence-electron chi connectivity index (χ0n) is 13.6. The Hall–Kier alpha value is -2.82. The van der Waals surface area contributed by atoms with Crippen LogP contribution in [0.5, 0.6) is 5.75 Å². The SMILES string of the molecule is Cc1ccc(OCCCNC(=O)Cc2ccccc2C(=O)O)cc1. The molecular formula is C19H21NO4. The molecular weight excluding hydrogens is 306 g/mol. The van der Waals surface area contributed by atoms with Crippen molar-refractivity contribution < 1.29 is 19.4 Å². The number of carboxylic acid groups (broad SMARTS) is 1. The summed E-state index contributed by atoms with van der Waals surface area (Å²) >= 11 is 0. The van der Waals surface area contributed by atoms with E-state index in [-0.39, 0.29) is 17.9 Å². The molecule has 24 heavy (non-hydrogen) atoms. The van der Waals surface area contributed by atoms with Crippen LogP contribution in [0.25, 0.3) is 0 Å². The minimum Gasteiger partial charge on any atom is -0.494 e. The molecule has 126 valence electrons. The van der Waals surface area contributed by atoms with E-state index in [0.717, 1.165) is 5.75 Å². The van der Waals surface area contributed by atoms with Crippen LogP contribution < -0.4 is 10.1 Å². The number of amides is 1. The first-order valence-corrected chi connectivity index (χ1v) is 7.83. The van der Waals surface area contributed by atoms with Gasteiger partial charge in [-0.2, -0.15) is 0 Å². The van der Waals surface area contributed by atoms with Gasteiger partial charge in [0.25, 0.3) is 0 Å². The molecule has 0 bridgehead atoms. The zero-order chi connectivity index (χ0) is 17.4. The number of rotatable bonds is 8. The molecule has 0 atom stereocenters. The molecule has 2 aromatic carbocycles. The topological polar surface area (TPSA) is 75.6 Å². The lowest BCUT2D eigenvalue weighted by molar-refractivity contribution is -0.120. The van der Waals surface area contributed by atoms with Gasteiger partial charge in [0.1, 0.15) is 5.75 Å². The van der Waals surface area contributed by atoms with E-state index in [4.69, 9.17) is 9.84 Å². The number of carbonyl (C=O) groups excluding carboxylic acids is 1. The standard InChI is InChI=1S/C19H21NO4/c1-14-7-9-16(10-8-14)24-12-4-11-20-18(21)13-15-5-2-3-6-17(15)19(22)23/h2-3,5-10H,4,11-13H2,1H3,(H,20,21)(H,22,23). The number of aryl methyl sites for hydroxylation is 1. The van der Waals surface area contributed by atoms with E-state index in [0.29, 0.717) is 25.1 Å². The molecule has 0 spiro atoms. The number of carbonyl (C=O) groups is 2. The molecule has 0 radical (unpaired) electrons. The average Bonchev–Trinajstić information content (AvgIpc) is 2.56. The fourth-order valence-corrected chi connectivity index (χ4v) is 2.24. The highest BCUT2D eigenvalue weighted by molar-refractivity contribution is 5.91. The van der Waals surface area contributed by atoms with Gasteiger partial charge >= 0.3 is 5.97 Å². The summed E-state index contributed by atoms with van der Waals surface area (Å²) in [6, 6.07) is 14.3. The second kappa shape index (κ2) is 8.72. The summed E-state index contributed by atoms with van der Waals surface area (Å²) in [5.74, 6) is -0.411. The molecule has 0 aliphatic rings. The molecule has 0 aliphatic heterocycles. The first kappa shape index (κ1) is 17.5. The van der Waals surface area contributed by atoms with Crippen molar-refractivity contribution in [3.05, 3.63) is 65.2 Å². The van der Waals surface area contributed by atoms with Crippen LogP contribution in [0.1, 0.15) is 27.9 Å². The minimum absolute atomic E-state index is 0.0568. The zero-order valence-corrected chi connectivity index (χ0v) is 13.6. The molecule has 0 aliphatic carbocycles. The first-order chi connectivity index (χ1) is 11.6. The lowest BCUT2D eigenvalue weighted by atomic mass is 10.0. The predicted octanol–water partition coefficient (Wildman–Crippen LogP) is 2.82. The van der Waals surface area contributed by atoms with Crippen molar-refractivity contribution in [1.82, 2.24) is 5.32 Å². The van der Waals surface area contributed by atoms with E-state index in [2.05, 4.69) is 5.32 Å². The Morgan fingerprint density at radius 2 is 1.79 bits per heavy atom. The highest BCUT2D eigenvalue weighted by atomic mass is 16.5. The monoisotopic (exact) mass is 327 g/mol. The van der Waals surface area contributed by atoms with Gasteiger partial charge < -0.3 is 15.2 Å². The lowest BCUT2D eigenvalue weighted by Crippen LogP contribution is -2.27. The summed E-state index contributed by atoms with van der Waals surface area (Å²) in [5, 5.41) is 11.9. The van der Waals surface area contributed by atoms with Crippen molar-refractivity contribution in [1.29, 1.82) is 0 Å². The Labute approximate surface area is 141 Å². The summed E-state index contributed by atoms with van der Waals surface area (Å²) < 4.78 is 5.58. The number of carboxylic acids is 1. The quantitative estimate of drug-likeness (QED) is 0.731. The third kappa shape index (κ3) is 5.43. The fraction of sp³-hybridized carbons (Fsp3) is 0.263. The molecule has 5 heteroatoms. The number of hydrogen-bond acceptors (Lipinski definition) is 3. The molecule has 5 nitrogen and oxygen atoms in total. The van der Waals surface area contributed by atoms with Crippen LogP contribution in [-0.4, -0.2) is 30.1 Å². The maximum absolute atomic E-state index is 11.9. The Balaban J connectivity index is 1.70. The van der Waals surface area contributed by atoms with Gasteiger partial charge in [-0.15, -0.1) is 0 Å². The van der Waals surface area contributed by atoms with Gasteiger partial charge in [-0.1, -0.05) is 35.9 Å². The highest BCUT2D eigenvalue weighted by Crippen LogP contribution is 2.11. The highest BCUT2D eigenvalue weighted by Gasteiger charge is 2.11. The third-order valence-electron chi connectivity index (χ3n) is 3.53. The van der Waals surface area contributed by atoms with Gasteiger partial charge in [0, 0.05) is 6.54 Å². The van der Waals surface area contributed by atoms with E-state index < -0.39 is 5.97 Å². The second-order valence-corrected chi connectivity index (χ2v) is 5.50. The Bertz CT molecular complexity index is 695. The van der Waals surface area contributed by atoms with Crippen LogP contribution in [0, 0.1) is 6.92 Å². The summed E-state index contributed by atoms with van der Waals surface area (Å²) in [6.45, 7) is 3.01. The van der Waals surface area contributed by atoms with E-state index in [9.17, 15) is 9.59 Å². The Morgan fingerprint density at radius 1 is 1.08 bits per heavy atom. The summed E-state index contributed by atoms with van der Waals surface area (Å²) in [4.78, 5) is 23.0. The minimum atomic E-state index is -1.02. The summed E-state index contributed by atoms with van der Waals surface area (Å²) in [5.41, 5.74) is 1.85. The van der Waals surface area contributed by atoms with Gasteiger partial charge in [-0.25, -0.2) is 4.79 Å². The Morgan fingerprint density at radius 3 is 2.50 bits per heavy atom. The number of benzene rings is 2. The predicted molar refractivity (Wildman–Crippen MR) is 91.4 cm³/mol. The van der Waals surface area contributed by atoms with E-state index in [1.54, 1.807) is 18.2 Å². The summed E-state index contributed by atoms with van der Waals surface area (Å²) in [6.07, 6.45) is 0.738. The van der Waals surface area contributed by atoms with E-state index in [1.165, 1.54) is 11.6 Å². The molecule has 0 fully saturated rings. The van der Waals surface area contributed by atoms with E-state index >= 15 is 0 Å². The maximum atomic E-state index is 11.9. The fourth-order valence-electron chi connectivity index (χ4n) is 2.24. The van der Waals surface area contributed by atoms with Crippen LogP contribution in [0.2, 0.25) is 0 Å². The molecule has 0 saturated carbocycles. The van der Waals surface area contributed by atoms with Crippen LogP contribution in [0.4, 0.5) is 0 Å². The van der Waals surface area contributed by atoms with E-state index in [1.807, 2.05) is 31.2 Å². The van der Waals surface area contributed by atoms with Crippen LogP contribution in [0.15, 0.2) is 48.5 Å².